The number of likely N-dealkylation sites (tertiary alicyclic amines) is 2. The second-order valence-electron chi connectivity index (χ2n) is 16.0. The Kier molecular flexibility index (Phi) is 5.78. The Bertz CT molecular complexity index is 1840. The number of hydrogen-bond acceptors (Lipinski definition) is 10. The lowest BCUT2D eigenvalue weighted by Crippen LogP contribution is -2.76. The van der Waals surface area contributed by atoms with E-state index >= 15 is 0 Å². The topological polar surface area (TPSA) is 140 Å². The molecule has 4 heterocycles. The quantitative estimate of drug-likeness (QED) is 0.356. The zero-order chi connectivity index (χ0) is 33.0. The number of Topliss-reactive ketones (excluding diaryl/α,β-unsaturated/α-hetero) is 2. The van der Waals surface area contributed by atoms with Crippen LogP contribution in [0.4, 0.5) is 0 Å². The predicted molar refractivity (Wildman–Crippen MR) is 172 cm³/mol. The van der Waals surface area contributed by atoms with E-state index in [0.29, 0.717) is 56.6 Å². The number of ketones is 2. The van der Waals surface area contributed by atoms with E-state index in [-0.39, 0.29) is 53.9 Å². The normalized spacial score (nSPS) is 40.7. The standard InChI is InChI=1S/C38H42N2O8/c1-20(19-40-16-13-36-30-22-5-7-24(42)32(30)48-34(36)26(44)9-11-38(36,46)28(40)18-22)3-2-14-39-15-12-35-29-21-4-6-23(41)31(29)47-33(35)25(43)8-10-37(35,45)27(39)17-21/h2-7,20,27-28,33-34,41-42,45-46H,8-19H2,1H3/b3-2+. The van der Waals surface area contributed by atoms with Crippen LogP contribution in [0.5, 0.6) is 23.0 Å². The summed E-state index contributed by atoms with van der Waals surface area (Å²) in [6, 6.07) is 6.85. The monoisotopic (exact) mass is 654 g/mol. The van der Waals surface area contributed by atoms with E-state index < -0.39 is 34.2 Å². The van der Waals surface area contributed by atoms with Crippen molar-refractivity contribution in [2.24, 2.45) is 5.92 Å². The van der Waals surface area contributed by atoms with Crippen LogP contribution in [0.25, 0.3) is 0 Å². The summed E-state index contributed by atoms with van der Waals surface area (Å²) >= 11 is 0. The van der Waals surface area contributed by atoms with Gasteiger partial charge in [-0.05, 0) is 74.2 Å². The van der Waals surface area contributed by atoms with Gasteiger partial charge < -0.3 is 29.9 Å². The Morgan fingerprint density at radius 3 is 1.83 bits per heavy atom. The molecular formula is C38H42N2O8. The maximum atomic E-state index is 13.2. The Morgan fingerprint density at radius 2 is 1.29 bits per heavy atom. The summed E-state index contributed by atoms with van der Waals surface area (Å²) in [4.78, 5) is 31.1. The van der Waals surface area contributed by atoms with Crippen LogP contribution in [-0.2, 0) is 33.3 Å². The molecule has 2 aromatic rings. The van der Waals surface area contributed by atoms with E-state index in [0.717, 1.165) is 41.9 Å². The molecule has 0 amide bonds. The summed E-state index contributed by atoms with van der Waals surface area (Å²) in [5, 5.41) is 46.3. The van der Waals surface area contributed by atoms with Gasteiger partial charge in [-0.2, -0.15) is 0 Å². The van der Waals surface area contributed by atoms with Crippen molar-refractivity contribution in [3.63, 3.8) is 0 Å². The van der Waals surface area contributed by atoms with Gasteiger partial charge in [-0.25, -0.2) is 0 Å². The smallest absolute Gasteiger partial charge is 0.174 e. The number of hydrogen-bond donors (Lipinski definition) is 4. The zero-order valence-electron chi connectivity index (χ0n) is 27.2. The molecule has 2 saturated carbocycles. The number of piperidine rings is 2. The molecular weight excluding hydrogens is 612 g/mol. The minimum absolute atomic E-state index is 0.00758. The van der Waals surface area contributed by atoms with Crippen LogP contribution in [0.15, 0.2) is 36.4 Å². The van der Waals surface area contributed by atoms with Crippen molar-refractivity contribution in [3.05, 3.63) is 58.7 Å². The second kappa shape index (κ2) is 9.41. The van der Waals surface area contributed by atoms with Crippen LogP contribution in [-0.4, -0.2) is 103 Å². The van der Waals surface area contributed by atoms with Crippen molar-refractivity contribution in [3.8, 4) is 23.0 Å². The molecule has 2 spiro atoms. The largest absolute Gasteiger partial charge is 0.504 e. The molecule has 10 rings (SSSR count). The Labute approximate surface area is 278 Å². The molecule has 4 aliphatic heterocycles. The number of phenols is 2. The van der Waals surface area contributed by atoms with Crippen LogP contribution in [0.1, 0.15) is 67.7 Å². The Hall–Kier alpha value is -3.44. The molecule has 9 unspecified atom stereocenters. The first-order chi connectivity index (χ1) is 23.0. The Balaban J connectivity index is 0.890. The van der Waals surface area contributed by atoms with Crippen molar-refractivity contribution in [1.29, 1.82) is 0 Å². The molecule has 0 aromatic heterocycles. The molecule has 2 saturated heterocycles. The van der Waals surface area contributed by atoms with E-state index in [4.69, 9.17) is 9.47 Å². The summed E-state index contributed by atoms with van der Waals surface area (Å²) < 4.78 is 12.3. The highest BCUT2D eigenvalue weighted by Gasteiger charge is 2.74. The van der Waals surface area contributed by atoms with Crippen molar-refractivity contribution in [2.75, 3.05) is 26.2 Å². The summed E-state index contributed by atoms with van der Waals surface area (Å²) in [6.07, 6.45) is 6.72. The average Bonchev–Trinajstić information content (AvgIpc) is 3.60. The molecule has 8 aliphatic rings. The molecule has 252 valence electrons. The number of nitrogens with zero attached hydrogens (tertiary/aromatic N) is 2. The number of aromatic hydroxyl groups is 2. The number of aliphatic hydroxyl groups is 2. The van der Waals surface area contributed by atoms with Gasteiger partial charge in [-0.15, -0.1) is 0 Å². The first-order valence-corrected chi connectivity index (χ1v) is 17.7. The van der Waals surface area contributed by atoms with E-state index in [1.165, 1.54) is 0 Å². The molecule has 4 aliphatic carbocycles. The van der Waals surface area contributed by atoms with Crippen LogP contribution in [0, 0.1) is 5.92 Å². The number of carbonyl (C=O) groups is 2. The second-order valence-corrected chi connectivity index (χ2v) is 16.0. The maximum absolute atomic E-state index is 13.2. The summed E-state index contributed by atoms with van der Waals surface area (Å²) in [5.74, 6) is 1.06. The highest BCUT2D eigenvalue weighted by atomic mass is 16.5. The van der Waals surface area contributed by atoms with E-state index in [2.05, 4.69) is 28.9 Å². The van der Waals surface area contributed by atoms with Gasteiger partial charge in [0.25, 0.3) is 0 Å². The third-order valence-corrected chi connectivity index (χ3v) is 14.1. The van der Waals surface area contributed by atoms with Crippen LogP contribution < -0.4 is 9.47 Å². The first kappa shape index (κ1) is 29.5. The minimum atomic E-state index is -1.12. The lowest BCUT2D eigenvalue weighted by atomic mass is 9.49. The predicted octanol–water partition coefficient (Wildman–Crippen LogP) is 2.44. The molecule has 2 aromatic carbocycles. The molecule has 0 radical (unpaired) electrons. The lowest BCUT2D eigenvalue weighted by molar-refractivity contribution is -0.189. The fourth-order valence-electron chi connectivity index (χ4n) is 12.1. The van der Waals surface area contributed by atoms with E-state index in [1.807, 2.05) is 12.1 Å². The van der Waals surface area contributed by atoms with Gasteiger partial charge in [0.15, 0.2) is 46.8 Å². The minimum Gasteiger partial charge on any atom is -0.504 e. The van der Waals surface area contributed by atoms with Crippen LogP contribution in [0.3, 0.4) is 0 Å². The van der Waals surface area contributed by atoms with E-state index in [9.17, 15) is 30.0 Å². The molecule has 9 atom stereocenters. The van der Waals surface area contributed by atoms with Gasteiger partial charge in [-0.3, -0.25) is 19.4 Å². The van der Waals surface area contributed by atoms with Crippen molar-refractivity contribution in [2.45, 2.75) is 105 Å². The third-order valence-electron chi connectivity index (χ3n) is 14.1. The fraction of sp³-hybridized carbons (Fsp3) is 0.579. The number of carbonyl (C=O) groups excluding carboxylic acids is 2. The molecule has 4 bridgehead atoms. The number of ether oxygens (including phenoxy) is 2. The SMILES string of the molecule is CC(/C=C/CN1CCC23c4c5ccc(O)c4OC2C(=O)CCC3(O)C1C5)CN1CCC23c4c5ccc(O)c4OC2C(=O)CCC3(O)C1C5. The van der Waals surface area contributed by atoms with Gasteiger partial charge in [0.05, 0.1) is 22.0 Å². The summed E-state index contributed by atoms with van der Waals surface area (Å²) in [7, 11) is 0. The van der Waals surface area contributed by atoms with Gasteiger partial charge in [0.2, 0.25) is 0 Å². The lowest BCUT2D eigenvalue weighted by Gasteiger charge is -2.62. The Morgan fingerprint density at radius 1 is 0.792 bits per heavy atom. The fourth-order valence-corrected chi connectivity index (χ4v) is 12.1. The van der Waals surface area contributed by atoms with Gasteiger partial charge >= 0.3 is 0 Å². The van der Waals surface area contributed by atoms with Crippen LogP contribution >= 0.6 is 0 Å². The zero-order valence-corrected chi connectivity index (χ0v) is 27.2. The van der Waals surface area contributed by atoms with Gasteiger partial charge in [0.1, 0.15) is 0 Å². The van der Waals surface area contributed by atoms with Crippen LogP contribution in [0.2, 0.25) is 0 Å². The highest BCUT2D eigenvalue weighted by molar-refractivity contribution is 5.91. The van der Waals surface area contributed by atoms with Crippen molar-refractivity contribution in [1.82, 2.24) is 9.80 Å². The van der Waals surface area contributed by atoms with Crippen molar-refractivity contribution >= 4 is 11.6 Å². The van der Waals surface area contributed by atoms with Gasteiger partial charge in [0, 0.05) is 55.7 Å². The average molecular weight is 655 g/mol. The molecule has 4 fully saturated rings. The molecule has 4 N–H and O–H groups in total. The number of rotatable bonds is 5. The van der Waals surface area contributed by atoms with E-state index in [1.54, 1.807) is 12.1 Å². The molecule has 10 nitrogen and oxygen atoms in total. The van der Waals surface area contributed by atoms with Crippen molar-refractivity contribution < 1.29 is 39.5 Å². The van der Waals surface area contributed by atoms with Gasteiger partial charge in [-0.1, -0.05) is 31.2 Å². The maximum Gasteiger partial charge on any atom is 0.174 e. The molecule has 10 heteroatoms. The highest BCUT2D eigenvalue weighted by Crippen LogP contribution is 2.66. The first-order valence-electron chi connectivity index (χ1n) is 17.7. The number of benzene rings is 2. The third kappa shape index (κ3) is 3.24. The number of phenolic OH excluding ortho intramolecular Hbond substituents is 2. The summed E-state index contributed by atoms with van der Waals surface area (Å²) in [6.45, 7) is 5.08. The molecule has 48 heavy (non-hydrogen) atoms. The summed E-state index contributed by atoms with van der Waals surface area (Å²) in [5.41, 5.74) is -0.0633.